The number of aryl methyl sites for hydroxylation is 1. The lowest BCUT2D eigenvalue weighted by molar-refractivity contribution is 0.0870. The first-order chi connectivity index (χ1) is 7.11. The van der Waals surface area contributed by atoms with Crippen molar-refractivity contribution in [1.82, 2.24) is 0 Å². The molecule has 1 rings (SSSR count). The minimum absolute atomic E-state index is 0.298. The number of nitrogens with one attached hydrogen (secondary N) is 1. The largest absolute Gasteiger partial charge is 0.382 e. The van der Waals surface area contributed by atoms with E-state index in [0.29, 0.717) is 6.10 Å². The molecule has 0 atom stereocenters. The molecule has 0 aromatic heterocycles. The third-order valence-electron chi connectivity index (χ3n) is 2.08. The molecule has 0 spiro atoms. The lowest BCUT2D eigenvalue weighted by Gasteiger charge is -2.12. The lowest BCUT2D eigenvalue weighted by Crippen LogP contribution is -2.13. The fraction of sp³-hybridized carbons (Fsp3) is 0.500. The average Bonchev–Trinajstić information content (AvgIpc) is 2.15. The highest BCUT2D eigenvalue weighted by molar-refractivity contribution is 9.10. The Kier molecular flexibility index (Phi) is 5.12. The van der Waals surface area contributed by atoms with E-state index in [1.54, 1.807) is 0 Å². The highest BCUT2D eigenvalue weighted by atomic mass is 79.9. The summed E-state index contributed by atoms with van der Waals surface area (Å²) in [6.45, 7) is 7.75. The molecule has 1 aromatic rings. The topological polar surface area (TPSA) is 21.3 Å². The maximum Gasteiger partial charge on any atom is 0.0642 e. The van der Waals surface area contributed by atoms with Crippen molar-refractivity contribution in [3.05, 3.63) is 28.2 Å². The quantitative estimate of drug-likeness (QED) is 0.827. The Morgan fingerprint density at radius 2 is 2.13 bits per heavy atom. The summed E-state index contributed by atoms with van der Waals surface area (Å²) in [7, 11) is 0. The molecule has 15 heavy (non-hydrogen) atoms. The molecule has 0 saturated heterocycles. The van der Waals surface area contributed by atoms with Crippen LogP contribution >= 0.6 is 15.9 Å². The maximum atomic E-state index is 5.47. The molecule has 0 radical (unpaired) electrons. The molecule has 0 unspecified atom stereocenters. The van der Waals surface area contributed by atoms with Crippen LogP contribution in [0.15, 0.2) is 22.7 Å². The third kappa shape index (κ3) is 4.22. The van der Waals surface area contributed by atoms with Crippen LogP contribution in [0.1, 0.15) is 19.4 Å². The Morgan fingerprint density at radius 1 is 1.40 bits per heavy atom. The highest BCUT2D eigenvalue weighted by Crippen LogP contribution is 2.25. The predicted octanol–water partition coefficient (Wildman–Crippen LogP) is 3.59. The summed E-state index contributed by atoms with van der Waals surface area (Å²) in [6, 6.07) is 6.17. The van der Waals surface area contributed by atoms with E-state index in [2.05, 4.69) is 34.2 Å². The zero-order valence-corrected chi connectivity index (χ0v) is 11.1. The van der Waals surface area contributed by atoms with Gasteiger partial charge in [-0.25, -0.2) is 0 Å². The van der Waals surface area contributed by atoms with Crippen molar-refractivity contribution < 1.29 is 4.74 Å². The van der Waals surface area contributed by atoms with Crippen molar-refractivity contribution in [2.45, 2.75) is 26.9 Å². The summed E-state index contributed by atoms with van der Waals surface area (Å²) < 4.78 is 6.57. The van der Waals surface area contributed by atoms with Crippen LogP contribution in [0.5, 0.6) is 0 Å². The van der Waals surface area contributed by atoms with Crippen LogP contribution in [0.25, 0.3) is 0 Å². The summed E-state index contributed by atoms with van der Waals surface area (Å²) in [6.07, 6.45) is 0.298. The van der Waals surface area contributed by atoms with Gasteiger partial charge in [0.05, 0.1) is 18.4 Å². The van der Waals surface area contributed by atoms with Crippen molar-refractivity contribution in [3.8, 4) is 0 Å². The minimum atomic E-state index is 0.298. The van der Waals surface area contributed by atoms with E-state index in [1.807, 2.05) is 26.0 Å². The van der Waals surface area contributed by atoms with Gasteiger partial charge in [-0.2, -0.15) is 0 Å². The molecular weight excluding hydrogens is 254 g/mol. The van der Waals surface area contributed by atoms with Crippen LogP contribution in [0.3, 0.4) is 0 Å². The molecule has 0 bridgehead atoms. The number of rotatable bonds is 5. The number of para-hydroxylation sites is 1. The predicted molar refractivity (Wildman–Crippen MR) is 68.5 cm³/mol. The first kappa shape index (κ1) is 12.5. The zero-order chi connectivity index (χ0) is 11.3. The molecular formula is C12H18BrNO. The minimum Gasteiger partial charge on any atom is -0.382 e. The summed E-state index contributed by atoms with van der Waals surface area (Å²) in [5.74, 6) is 0. The van der Waals surface area contributed by atoms with Crippen LogP contribution < -0.4 is 5.32 Å². The van der Waals surface area contributed by atoms with Crippen LogP contribution in [0.2, 0.25) is 0 Å². The van der Waals surface area contributed by atoms with Gasteiger partial charge in [0, 0.05) is 11.0 Å². The molecule has 0 fully saturated rings. The number of benzene rings is 1. The Morgan fingerprint density at radius 3 is 2.73 bits per heavy atom. The van der Waals surface area contributed by atoms with Crippen LogP contribution in [0, 0.1) is 6.92 Å². The maximum absolute atomic E-state index is 5.47. The monoisotopic (exact) mass is 271 g/mol. The van der Waals surface area contributed by atoms with E-state index in [0.717, 1.165) is 23.3 Å². The molecule has 0 aliphatic carbocycles. The Labute approximate surface area is 100 Å². The van der Waals surface area contributed by atoms with Crippen LogP contribution in [-0.2, 0) is 4.74 Å². The SMILES string of the molecule is Cc1cccc(Br)c1NCCOC(C)C. The molecule has 84 valence electrons. The van der Waals surface area contributed by atoms with E-state index in [1.165, 1.54) is 5.56 Å². The summed E-state index contributed by atoms with van der Waals surface area (Å²) >= 11 is 3.52. The van der Waals surface area contributed by atoms with Gasteiger partial charge in [-0.05, 0) is 48.3 Å². The fourth-order valence-corrected chi connectivity index (χ4v) is 1.93. The lowest BCUT2D eigenvalue weighted by atomic mass is 10.2. The first-order valence-corrected chi connectivity index (χ1v) is 6.01. The molecule has 0 amide bonds. The second-order valence-electron chi connectivity index (χ2n) is 3.78. The number of anilines is 1. The molecule has 0 aliphatic heterocycles. The van der Waals surface area contributed by atoms with Gasteiger partial charge >= 0.3 is 0 Å². The van der Waals surface area contributed by atoms with Gasteiger partial charge in [0.1, 0.15) is 0 Å². The molecule has 0 saturated carbocycles. The van der Waals surface area contributed by atoms with Crippen molar-refractivity contribution in [3.63, 3.8) is 0 Å². The van der Waals surface area contributed by atoms with Gasteiger partial charge in [-0.1, -0.05) is 12.1 Å². The van der Waals surface area contributed by atoms with E-state index < -0.39 is 0 Å². The number of halogens is 1. The normalized spacial score (nSPS) is 10.7. The van der Waals surface area contributed by atoms with E-state index in [4.69, 9.17) is 4.74 Å². The second kappa shape index (κ2) is 6.13. The van der Waals surface area contributed by atoms with Crippen molar-refractivity contribution in [2.24, 2.45) is 0 Å². The van der Waals surface area contributed by atoms with Crippen molar-refractivity contribution in [1.29, 1.82) is 0 Å². The van der Waals surface area contributed by atoms with Crippen molar-refractivity contribution in [2.75, 3.05) is 18.5 Å². The highest BCUT2D eigenvalue weighted by Gasteiger charge is 2.01. The number of hydrogen-bond acceptors (Lipinski definition) is 2. The molecule has 3 heteroatoms. The van der Waals surface area contributed by atoms with Gasteiger partial charge in [0.25, 0.3) is 0 Å². The van der Waals surface area contributed by atoms with E-state index in [-0.39, 0.29) is 0 Å². The number of ether oxygens (including phenoxy) is 1. The second-order valence-corrected chi connectivity index (χ2v) is 4.63. The van der Waals surface area contributed by atoms with Gasteiger partial charge in [0.15, 0.2) is 0 Å². The van der Waals surface area contributed by atoms with Gasteiger partial charge in [-0.3, -0.25) is 0 Å². The van der Waals surface area contributed by atoms with E-state index in [9.17, 15) is 0 Å². The Bertz CT molecular complexity index is 292. The van der Waals surface area contributed by atoms with Gasteiger partial charge < -0.3 is 10.1 Å². The molecule has 0 heterocycles. The molecule has 1 N–H and O–H groups in total. The smallest absolute Gasteiger partial charge is 0.0642 e. The standard InChI is InChI=1S/C12H18BrNO/c1-9(2)15-8-7-14-12-10(3)5-4-6-11(12)13/h4-6,9,14H,7-8H2,1-3H3. The zero-order valence-electron chi connectivity index (χ0n) is 9.51. The number of hydrogen-bond donors (Lipinski definition) is 1. The fourth-order valence-electron chi connectivity index (χ4n) is 1.33. The summed E-state index contributed by atoms with van der Waals surface area (Å²) in [5, 5.41) is 3.36. The Balaban J connectivity index is 2.43. The van der Waals surface area contributed by atoms with Gasteiger partial charge in [0.2, 0.25) is 0 Å². The Hall–Kier alpha value is -0.540. The average molecular weight is 272 g/mol. The molecule has 1 aromatic carbocycles. The van der Waals surface area contributed by atoms with Crippen molar-refractivity contribution >= 4 is 21.6 Å². The van der Waals surface area contributed by atoms with Crippen LogP contribution in [0.4, 0.5) is 5.69 Å². The summed E-state index contributed by atoms with van der Waals surface area (Å²) in [5.41, 5.74) is 2.40. The first-order valence-electron chi connectivity index (χ1n) is 5.22. The van der Waals surface area contributed by atoms with Gasteiger partial charge in [-0.15, -0.1) is 0 Å². The molecule has 0 aliphatic rings. The van der Waals surface area contributed by atoms with E-state index >= 15 is 0 Å². The third-order valence-corrected chi connectivity index (χ3v) is 2.74. The van der Waals surface area contributed by atoms with Crippen LogP contribution in [-0.4, -0.2) is 19.3 Å². The molecule has 2 nitrogen and oxygen atoms in total. The summed E-state index contributed by atoms with van der Waals surface area (Å²) in [4.78, 5) is 0.